The Balaban J connectivity index is 1.58. The van der Waals surface area contributed by atoms with Gasteiger partial charge in [0.05, 0.1) is 48.9 Å². The SMILES string of the molecule is COc1c2occc2c(OC)c2c(=O)c(C3=NN(c4ccccc4)C(c4ccc(F)cc4)C3)c(C)oc12. The van der Waals surface area contributed by atoms with Crippen molar-refractivity contribution in [3.8, 4) is 11.5 Å². The highest BCUT2D eigenvalue weighted by atomic mass is 19.1. The molecule has 0 spiro atoms. The zero-order valence-corrected chi connectivity index (χ0v) is 20.4. The van der Waals surface area contributed by atoms with E-state index in [2.05, 4.69) is 0 Å². The van der Waals surface area contributed by atoms with Crippen LogP contribution in [0.4, 0.5) is 10.1 Å². The van der Waals surface area contributed by atoms with E-state index in [0.717, 1.165) is 11.3 Å². The Morgan fingerprint density at radius 1 is 0.973 bits per heavy atom. The second-order valence-corrected chi connectivity index (χ2v) is 8.79. The van der Waals surface area contributed by atoms with E-state index in [1.54, 1.807) is 25.1 Å². The predicted molar refractivity (Wildman–Crippen MR) is 139 cm³/mol. The van der Waals surface area contributed by atoms with Gasteiger partial charge >= 0.3 is 0 Å². The van der Waals surface area contributed by atoms with Crippen LogP contribution in [0.25, 0.3) is 21.9 Å². The van der Waals surface area contributed by atoms with Crippen LogP contribution in [0.2, 0.25) is 0 Å². The molecule has 0 bridgehead atoms. The monoisotopic (exact) mass is 498 g/mol. The van der Waals surface area contributed by atoms with E-state index in [1.165, 1.54) is 32.6 Å². The number of anilines is 1. The fraction of sp³-hybridized carbons (Fsp3) is 0.172. The van der Waals surface area contributed by atoms with Gasteiger partial charge in [-0.2, -0.15) is 5.10 Å². The van der Waals surface area contributed by atoms with Crippen molar-refractivity contribution in [2.45, 2.75) is 19.4 Å². The largest absolute Gasteiger partial charge is 0.495 e. The number of fused-ring (bicyclic) bond motifs is 2. The van der Waals surface area contributed by atoms with Crippen molar-refractivity contribution < 1.29 is 22.7 Å². The van der Waals surface area contributed by atoms with E-state index in [0.29, 0.717) is 45.9 Å². The number of benzene rings is 3. The molecule has 0 saturated heterocycles. The predicted octanol–water partition coefficient (Wildman–Crippen LogP) is 6.36. The number of hydrazone groups is 1. The molecule has 186 valence electrons. The fourth-order valence-corrected chi connectivity index (χ4v) is 5.07. The van der Waals surface area contributed by atoms with Crippen LogP contribution in [0, 0.1) is 12.7 Å². The average molecular weight is 499 g/mol. The van der Waals surface area contributed by atoms with E-state index in [1.807, 2.05) is 35.3 Å². The van der Waals surface area contributed by atoms with Crippen LogP contribution in [0.1, 0.15) is 29.3 Å². The Labute approximate surface area is 211 Å². The summed E-state index contributed by atoms with van der Waals surface area (Å²) in [6.45, 7) is 1.73. The van der Waals surface area contributed by atoms with E-state index in [9.17, 15) is 9.18 Å². The van der Waals surface area contributed by atoms with Gasteiger partial charge in [0.15, 0.2) is 11.2 Å². The molecule has 8 heteroatoms. The molecular formula is C29H23FN2O5. The highest BCUT2D eigenvalue weighted by molar-refractivity contribution is 6.11. The molecule has 1 atom stereocenters. The van der Waals surface area contributed by atoms with Gasteiger partial charge in [-0.05, 0) is 42.8 Å². The zero-order valence-electron chi connectivity index (χ0n) is 20.4. The summed E-state index contributed by atoms with van der Waals surface area (Å²) in [7, 11) is 3.00. The maximum absolute atomic E-state index is 14.1. The van der Waals surface area contributed by atoms with Crippen LogP contribution in [-0.4, -0.2) is 19.9 Å². The second-order valence-electron chi connectivity index (χ2n) is 8.79. The molecule has 3 aromatic carbocycles. The highest BCUT2D eigenvalue weighted by Crippen LogP contribution is 2.43. The Kier molecular flexibility index (Phi) is 5.44. The molecule has 3 heterocycles. The molecule has 6 rings (SSSR count). The summed E-state index contributed by atoms with van der Waals surface area (Å²) in [5.41, 5.74) is 3.08. The van der Waals surface area contributed by atoms with Gasteiger partial charge in [-0.15, -0.1) is 0 Å². The first-order valence-corrected chi connectivity index (χ1v) is 11.8. The third-order valence-electron chi connectivity index (χ3n) is 6.72. The lowest BCUT2D eigenvalue weighted by Crippen LogP contribution is -2.19. The Morgan fingerprint density at radius 2 is 1.70 bits per heavy atom. The summed E-state index contributed by atoms with van der Waals surface area (Å²) in [4.78, 5) is 14.1. The number of ether oxygens (including phenoxy) is 2. The van der Waals surface area contributed by atoms with Crippen LogP contribution in [-0.2, 0) is 0 Å². The van der Waals surface area contributed by atoms with Gasteiger partial charge in [-0.1, -0.05) is 30.3 Å². The zero-order chi connectivity index (χ0) is 25.7. The minimum Gasteiger partial charge on any atom is -0.495 e. The van der Waals surface area contributed by atoms with Crippen LogP contribution in [0.5, 0.6) is 11.5 Å². The molecule has 1 aliphatic rings. The summed E-state index contributed by atoms with van der Waals surface area (Å²) in [5, 5.41) is 7.62. The fourth-order valence-electron chi connectivity index (χ4n) is 5.07. The summed E-state index contributed by atoms with van der Waals surface area (Å²) in [5.74, 6) is 0.760. The molecular weight excluding hydrogens is 475 g/mol. The molecule has 0 aliphatic carbocycles. The number of halogens is 1. The van der Waals surface area contributed by atoms with Crippen molar-refractivity contribution in [1.29, 1.82) is 0 Å². The van der Waals surface area contributed by atoms with Crippen molar-refractivity contribution in [2.75, 3.05) is 19.2 Å². The number of aryl methyl sites for hydroxylation is 1. The van der Waals surface area contributed by atoms with Crippen molar-refractivity contribution in [2.24, 2.45) is 5.10 Å². The topological polar surface area (TPSA) is 77.4 Å². The first kappa shape index (κ1) is 22.8. The molecule has 1 unspecified atom stereocenters. The Morgan fingerprint density at radius 3 is 2.41 bits per heavy atom. The average Bonchev–Trinajstić information content (AvgIpc) is 3.56. The quantitative estimate of drug-likeness (QED) is 0.281. The summed E-state index contributed by atoms with van der Waals surface area (Å²) >= 11 is 0. The van der Waals surface area contributed by atoms with Crippen LogP contribution in [0.3, 0.4) is 0 Å². The normalized spacial score (nSPS) is 15.4. The van der Waals surface area contributed by atoms with Gasteiger partial charge in [0.25, 0.3) is 0 Å². The first-order chi connectivity index (χ1) is 18.0. The van der Waals surface area contributed by atoms with E-state index in [4.69, 9.17) is 23.4 Å². The number of hydrogen-bond acceptors (Lipinski definition) is 7. The number of methoxy groups -OCH3 is 2. The maximum Gasteiger partial charge on any atom is 0.206 e. The molecule has 37 heavy (non-hydrogen) atoms. The molecule has 1 aliphatic heterocycles. The van der Waals surface area contributed by atoms with Gasteiger partial charge in [0.2, 0.25) is 11.2 Å². The standard InChI is InChI=1S/C29H23FN2O5/c1-16-23(25(33)24-26(34-2)20-13-14-36-27(20)29(35-3)28(24)37-16)21-15-22(17-9-11-18(30)12-10-17)32(31-21)19-7-5-4-6-8-19/h4-14,22H,15H2,1-3H3. The first-order valence-electron chi connectivity index (χ1n) is 11.8. The van der Waals surface area contributed by atoms with Crippen LogP contribution in [0.15, 0.2) is 85.7 Å². The summed E-state index contributed by atoms with van der Waals surface area (Å²) in [6, 6.07) is 17.5. The lowest BCUT2D eigenvalue weighted by atomic mass is 9.96. The van der Waals surface area contributed by atoms with Crippen molar-refractivity contribution in [3.05, 3.63) is 99.9 Å². The van der Waals surface area contributed by atoms with Crippen molar-refractivity contribution in [3.63, 3.8) is 0 Å². The van der Waals surface area contributed by atoms with Gasteiger partial charge in [-0.3, -0.25) is 9.80 Å². The molecule has 5 aromatic rings. The molecule has 2 aromatic heterocycles. The number of furan rings is 1. The molecule has 0 fully saturated rings. The van der Waals surface area contributed by atoms with Gasteiger partial charge < -0.3 is 18.3 Å². The van der Waals surface area contributed by atoms with Crippen molar-refractivity contribution in [1.82, 2.24) is 0 Å². The van der Waals surface area contributed by atoms with Gasteiger partial charge in [0, 0.05) is 6.42 Å². The number of rotatable bonds is 5. The van der Waals surface area contributed by atoms with Crippen LogP contribution < -0.4 is 19.9 Å². The molecule has 0 radical (unpaired) electrons. The minimum atomic E-state index is -0.313. The third-order valence-corrected chi connectivity index (χ3v) is 6.72. The van der Waals surface area contributed by atoms with E-state index in [-0.39, 0.29) is 28.3 Å². The molecule has 0 saturated carbocycles. The number of hydrogen-bond donors (Lipinski definition) is 0. The van der Waals surface area contributed by atoms with Crippen LogP contribution >= 0.6 is 0 Å². The van der Waals surface area contributed by atoms with E-state index >= 15 is 0 Å². The summed E-state index contributed by atoms with van der Waals surface area (Å²) in [6.07, 6.45) is 1.93. The van der Waals surface area contributed by atoms with Gasteiger partial charge in [-0.25, -0.2) is 4.39 Å². The maximum atomic E-state index is 14.1. The number of para-hydroxylation sites is 1. The minimum absolute atomic E-state index is 0.236. The lowest BCUT2D eigenvalue weighted by Gasteiger charge is -2.23. The molecule has 0 N–H and O–H groups in total. The smallest absolute Gasteiger partial charge is 0.206 e. The highest BCUT2D eigenvalue weighted by Gasteiger charge is 2.34. The Bertz CT molecular complexity index is 1720. The Hall–Kier alpha value is -4.59. The summed E-state index contributed by atoms with van der Waals surface area (Å²) < 4.78 is 36.8. The second kappa shape index (κ2) is 8.81. The van der Waals surface area contributed by atoms with Crippen molar-refractivity contribution >= 4 is 33.3 Å². The van der Waals surface area contributed by atoms with Gasteiger partial charge in [0.1, 0.15) is 22.7 Å². The molecule has 7 nitrogen and oxygen atoms in total. The lowest BCUT2D eigenvalue weighted by molar-refractivity contribution is 0.398. The number of nitrogens with zero attached hydrogens (tertiary/aromatic N) is 2. The third kappa shape index (κ3) is 3.56. The molecule has 0 amide bonds. The van der Waals surface area contributed by atoms with E-state index < -0.39 is 0 Å².